The van der Waals surface area contributed by atoms with Gasteiger partial charge in [-0.15, -0.1) is 0 Å². The third-order valence-corrected chi connectivity index (χ3v) is 4.22. The molecule has 0 aliphatic rings. The fourth-order valence-electron chi connectivity index (χ4n) is 2.61. The number of hydrazone groups is 1. The van der Waals surface area contributed by atoms with Crippen LogP contribution < -0.4 is 19.6 Å². The maximum atomic E-state index is 12.2. The summed E-state index contributed by atoms with van der Waals surface area (Å²) in [4.78, 5) is 24.3. The fraction of sp³-hybridized carbons (Fsp3) is 0.125. The number of methoxy groups -OCH3 is 1. The molecule has 0 bridgehead atoms. The smallest absolute Gasteiger partial charge is 0.343 e. The van der Waals surface area contributed by atoms with E-state index in [4.69, 9.17) is 14.2 Å². The Morgan fingerprint density at radius 2 is 1.42 bits per heavy atom. The molecule has 7 heteroatoms. The Hall–Kier alpha value is -4.13. The first-order valence-corrected chi connectivity index (χ1v) is 9.61. The number of carbonyl (C=O) groups excluding carboxylic acids is 2. The molecule has 3 aromatic carbocycles. The van der Waals surface area contributed by atoms with Gasteiger partial charge in [0.15, 0.2) is 0 Å². The Kier molecular flexibility index (Phi) is 7.37. The molecule has 158 valence electrons. The van der Waals surface area contributed by atoms with E-state index in [0.29, 0.717) is 35.0 Å². The molecule has 0 radical (unpaired) electrons. The standard InChI is InChI=1S/C24H22N2O5/c1-3-30-21-14-8-19(9-15-21)24(28)31-22-10-4-17(5-11-22)16-25-26-23(27)18-6-12-20(29-2)13-7-18/h4-16H,3H2,1-2H3,(H,26,27). The van der Waals surface area contributed by atoms with Crippen LogP contribution in [0.5, 0.6) is 17.2 Å². The van der Waals surface area contributed by atoms with E-state index in [2.05, 4.69) is 10.5 Å². The molecule has 0 aliphatic carbocycles. The van der Waals surface area contributed by atoms with Crippen LogP contribution in [0.2, 0.25) is 0 Å². The number of benzene rings is 3. The molecule has 0 aromatic heterocycles. The van der Waals surface area contributed by atoms with Crippen molar-refractivity contribution in [1.82, 2.24) is 5.43 Å². The summed E-state index contributed by atoms with van der Waals surface area (Å²) in [6, 6.07) is 20.2. The molecule has 3 rings (SSSR count). The first kappa shape index (κ1) is 21.6. The van der Waals surface area contributed by atoms with Crippen LogP contribution in [0.15, 0.2) is 77.9 Å². The van der Waals surface area contributed by atoms with Crippen LogP contribution in [0.3, 0.4) is 0 Å². The van der Waals surface area contributed by atoms with Gasteiger partial charge in [-0.25, -0.2) is 10.2 Å². The van der Waals surface area contributed by atoms with Crippen LogP contribution in [0, 0.1) is 0 Å². The summed E-state index contributed by atoms with van der Waals surface area (Å²) < 4.78 is 15.8. The third-order valence-electron chi connectivity index (χ3n) is 4.22. The number of hydrogen-bond acceptors (Lipinski definition) is 6. The van der Waals surface area contributed by atoms with Gasteiger partial charge in [-0.1, -0.05) is 0 Å². The maximum Gasteiger partial charge on any atom is 0.343 e. The summed E-state index contributed by atoms with van der Waals surface area (Å²) in [6.45, 7) is 2.45. The summed E-state index contributed by atoms with van der Waals surface area (Å²) in [5.41, 5.74) is 4.09. The van der Waals surface area contributed by atoms with Gasteiger partial charge < -0.3 is 14.2 Å². The molecule has 0 aliphatic heterocycles. The lowest BCUT2D eigenvalue weighted by Gasteiger charge is -2.06. The largest absolute Gasteiger partial charge is 0.497 e. The minimum atomic E-state index is -0.462. The first-order chi connectivity index (χ1) is 15.1. The Balaban J connectivity index is 1.53. The number of esters is 1. The predicted octanol–water partition coefficient (Wildman–Crippen LogP) is 4.08. The molecule has 1 amide bonds. The van der Waals surface area contributed by atoms with Gasteiger partial charge in [0, 0.05) is 5.56 Å². The molecular weight excluding hydrogens is 396 g/mol. The van der Waals surface area contributed by atoms with E-state index in [1.54, 1.807) is 79.9 Å². The van der Waals surface area contributed by atoms with Crippen molar-refractivity contribution in [1.29, 1.82) is 0 Å². The van der Waals surface area contributed by atoms with E-state index in [-0.39, 0.29) is 5.91 Å². The Bertz CT molecular complexity index is 1040. The molecule has 0 atom stereocenters. The van der Waals surface area contributed by atoms with E-state index in [1.807, 2.05) is 6.92 Å². The monoisotopic (exact) mass is 418 g/mol. The third kappa shape index (κ3) is 6.17. The Labute approximate surface area is 180 Å². The van der Waals surface area contributed by atoms with Crippen molar-refractivity contribution in [3.63, 3.8) is 0 Å². The summed E-state index contributed by atoms with van der Waals surface area (Å²) >= 11 is 0. The summed E-state index contributed by atoms with van der Waals surface area (Å²) in [7, 11) is 1.56. The van der Waals surface area contributed by atoms with Crippen molar-refractivity contribution >= 4 is 18.1 Å². The summed E-state index contributed by atoms with van der Waals surface area (Å²) in [6.07, 6.45) is 1.50. The SMILES string of the molecule is CCOc1ccc(C(=O)Oc2ccc(C=NNC(=O)c3ccc(OC)cc3)cc2)cc1. The number of carbonyl (C=O) groups is 2. The van der Waals surface area contributed by atoms with E-state index in [9.17, 15) is 9.59 Å². The van der Waals surface area contributed by atoms with Gasteiger partial charge in [-0.05, 0) is 85.3 Å². The highest BCUT2D eigenvalue weighted by Gasteiger charge is 2.09. The normalized spacial score (nSPS) is 10.5. The quantitative estimate of drug-likeness (QED) is 0.258. The average molecular weight is 418 g/mol. The van der Waals surface area contributed by atoms with Crippen LogP contribution in [-0.2, 0) is 0 Å². The number of ether oxygens (including phenoxy) is 3. The maximum absolute atomic E-state index is 12.2. The zero-order valence-corrected chi connectivity index (χ0v) is 17.2. The topological polar surface area (TPSA) is 86.2 Å². The highest BCUT2D eigenvalue weighted by atomic mass is 16.5. The molecule has 0 saturated heterocycles. The van der Waals surface area contributed by atoms with Crippen LogP contribution in [-0.4, -0.2) is 31.8 Å². The van der Waals surface area contributed by atoms with Crippen molar-refractivity contribution in [2.24, 2.45) is 5.10 Å². The van der Waals surface area contributed by atoms with Gasteiger partial charge in [0.1, 0.15) is 17.2 Å². The number of amides is 1. The lowest BCUT2D eigenvalue weighted by Crippen LogP contribution is -2.17. The molecule has 0 heterocycles. The highest BCUT2D eigenvalue weighted by Crippen LogP contribution is 2.16. The minimum Gasteiger partial charge on any atom is -0.497 e. The fourth-order valence-corrected chi connectivity index (χ4v) is 2.61. The first-order valence-electron chi connectivity index (χ1n) is 9.61. The van der Waals surface area contributed by atoms with Gasteiger partial charge >= 0.3 is 5.97 Å². The number of nitrogens with zero attached hydrogens (tertiary/aromatic N) is 1. The lowest BCUT2D eigenvalue weighted by atomic mass is 10.2. The van der Waals surface area contributed by atoms with Crippen LogP contribution in [0.25, 0.3) is 0 Å². The predicted molar refractivity (Wildman–Crippen MR) is 117 cm³/mol. The zero-order valence-electron chi connectivity index (χ0n) is 17.2. The lowest BCUT2D eigenvalue weighted by molar-refractivity contribution is 0.0734. The molecule has 0 saturated carbocycles. The van der Waals surface area contributed by atoms with Gasteiger partial charge in [0.05, 0.1) is 25.5 Å². The molecule has 0 spiro atoms. The van der Waals surface area contributed by atoms with Crippen LogP contribution in [0.1, 0.15) is 33.2 Å². The summed E-state index contributed by atoms with van der Waals surface area (Å²) in [5, 5.41) is 3.95. The second kappa shape index (κ2) is 10.6. The molecule has 7 nitrogen and oxygen atoms in total. The number of hydrogen-bond donors (Lipinski definition) is 1. The van der Waals surface area contributed by atoms with Crippen molar-refractivity contribution < 1.29 is 23.8 Å². The second-order valence-electron chi connectivity index (χ2n) is 6.34. The van der Waals surface area contributed by atoms with Gasteiger partial charge in [0.2, 0.25) is 0 Å². The molecule has 0 fully saturated rings. The van der Waals surface area contributed by atoms with Crippen molar-refractivity contribution in [3.05, 3.63) is 89.5 Å². The van der Waals surface area contributed by atoms with Crippen LogP contribution >= 0.6 is 0 Å². The number of nitrogens with one attached hydrogen (secondary N) is 1. The molecule has 3 aromatic rings. The van der Waals surface area contributed by atoms with Crippen molar-refractivity contribution in [2.45, 2.75) is 6.92 Å². The Morgan fingerprint density at radius 3 is 2.03 bits per heavy atom. The van der Waals surface area contributed by atoms with Gasteiger partial charge in [-0.2, -0.15) is 5.10 Å². The molecule has 1 N–H and O–H groups in total. The van der Waals surface area contributed by atoms with E-state index in [1.165, 1.54) is 6.21 Å². The van der Waals surface area contributed by atoms with E-state index < -0.39 is 5.97 Å². The minimum absolute atomic E-state index is 0.334. The van der Waals surface area contributed by atoms with E-state index >= 15 is 0 Å². The summed E-state index contributed by atoms with van der Waals surface area (Å²) in [5.74, 6) is 0.972. The van der Waals surface area contributed by atoms with Crippen molar-refractivity contribution in [3.8, 4) is 17.2 Å². The highest BCUT2D eigenvalue weighted by molar-refractivity contribution is 5.95. The average Bonchev–Trinajstić information content (AvgIpc) is 2.81. The van der Waals surface area contributed by atoms with Gasteiger partial charge in [-0.3, -0.25) is 4.79 Å². The van der Waals surface area contributed by atoms with Gasteiger partial charge in [0.25, 0.3) is 5.91 Å². The molecule has 0 unspecified atom stereocenters. The van der Waals surface area contributed by atoms with Crippen molar-refractivity contribution in [2.75, 3.05) is 13.7 Å². The van der Waals surface area contributed by atoms with Crippen LogP contribution in [0.4, 0.5) is 0 Å². The number of rotatable bonds is 8. The molecular formula is C24H22N2O5. The van der Waals surface area contributed by atoms with E-state index in [0.717, 1.165) is 5.56 Å². The molecule has 31 heavy (non-hydrogen) atoms. The second-order valence-corrected chi connectivity index (χ2v) is 6.34. The zero-order chi connectivity index (χ0) is 22.1. The Morgan fingerprint density at radius 1 is 0.839 bits per heavy atom.